The fourth-order valence-electron chi connectivity index (χ4n) is 2.72. The van der Waals surface area contributed by atoms with Crippen molar-refractivity contribution in [2.45, 2.75) is 13.3 Å². The van der Waals surface area contributed by atoms with E-state index in [1.165, 1.54) is 0 Å². The molecule has 1 aromatic carbocycles. The van der Waals surface area contributed by atoms with Crippen molar-refractivity contribution >= 4 is 17.5 Å². The molecule has 2 rings (SSSR count). The molecule has 0 atom stereocenters. The summed E-state index contributed by atoms with van der Waals surface area (Å²) in [7, 11) is 0. The second-order valence-electron chi connectivity index (χ2n) is 5.79. The van der Waals surface area contributed by atoms with Gasteiger partial charge in [0.1, 0.15) is 0 Å². The lowest BCUT2D eigenvalue weighted by atomic mass is 10.1. The minimum atomic E-state index is 0.0583. The molecule has 0 aliphatic carbocycles. The van der Waals surface area contributed by atoms with Crippen LogP contribution in [0.25, 0.3) is 0 Å². The van der Waals surface area contributed by atoms with E-state index in [0.717, 1.165) is 44.7 Å². The maximum atomic E-state index is 12.6. The van der Waals surface area contributed by atoms with E-state index in [4.69, 9.17) is 21.4 Å². The highest BCUT2D eigenvalue weighted by molar-refractivity contribution is 6.31. The van der Waals surface area contributed by atoms with Crippen LogP contribution >= 0.6 is 11.6 Å². The maximum absolute atomic E-state index is 12.6. The number of hydrogen-bond donors (Lipinski definition) is 1. The minimum absolute atomic E-state index is 0.0583. The fourth-order valence-corrected chi connectivity index (χ4v) is 2.84. The van der Waals surface area contributed by atoms with Crippen molar-refractivity contribution in [3.05, 3.63) is 34.3 Å². The van der Waals surface area contributed by atoms with Crippen LogP contribution in [0.2, 0.25) is 5.02 Å². The average molecular weight is 341 g/mol. The third kappa shape index (κ3) is 5.46. The largest absolute Gasteiger partial charge is 0.394 e. The SMILES string of the molecule is Cc1cc(C(=O)N2CCCN(CCOCCO)CC2)ccc1Cl. The first-order valence-corrected chi connectivity index (χ1v) is 8.46. The van der Waals surface area contributed by atoms with Gasteiger partial charge in [0.05, 0.1) is 19.8 Å². The van der Waals surface area contributed by atoms with Crippen molar-refractivity contribution < 1.29 is 14.6 Å². The van der Waals surface area contributed by atoms with Gasteiger partial charge in [0.2, 0.25) is 0 Å². The molecule has 0 aromatic heterocycles. The van der Waals surface area contributed by atoms with Crippen molar-refractivity contribution in [2.24, 2.45) is 0 Å². The van der Waals surface area contributed by atoms with Gasteiger partial charge in [-0.25, -0.2) is 0 Å². The van der Waals surface area contributed by atoms with Gasteiger partial charge in [-0.3, -0.25) is 9.69 Å². The highest BCUT2D eigenvalue weighted by Gasteiger charge is 2.20. The van der Waals surface area contributed by atoms with Gasteiger partial charge in [-0.15, -0.1) is 0 Å². The van der Waals surface area contributed by atoms with Crippen LogP contribution in [-0.2, 0) is 4.74 Å². The number of aliphatic hydroxyl groups is 1. The summed E-state index contributed by atoms with van der Waals surface area (Å²) in [5.74, 6) is 0.0724. The Morgan fingerprint density at radius 2 is 2.09 bits per heavy atom. The van der Waals surface area contributed by atoms with Gasteiger partial charge < -0.3 is 14.7 Å². The first-order chi connectivity index (χ1) is 11.1. The molecule has 0 radical (unpaired) electrons. The number of aliphatic hydroxyl groups excluding tert-OH is 1. The molecule has 1 N–H and O–H groups in total. The number of rotatable bonds is 6. The zero-order valence-corrected chi connectivity index (χ0v) is 14.4. The fraction of sp³-hybridized carbons (Fsp3) is 0.588. The Morgan fingerprint density at radius 1 is 1.26 bits per heavy atom. The predicted molar refractivity (Wildman–Crippen MR) is 91.1 cm³/mol. The number of amides is 1. The highest BCUT2D eigenvalue weighted by atomic mass is 35.5. The van der Waals surface area contributed by atoms with Crippen LogP contribution < -0.4 is 0 Å². The second kappa shape index (κ2) is 9.23. The van der Waals surface area contributed by atoms with Gasteiger partial charge in [-0.1, -0.05) is 11.6 Å². The molecule has 23 heavy (non-hydrogen) atoms. The second-order valence-corrected chi connectivity index (χ2v) is 6.19. The Bertz CT molecular complexity index is 525. The molecular formula is C17H25ClN2O3. The normalized spacial score (nSPS) is 16.4. The van der Waals surface area contributed by atoms with Crippen LogP contribution in [0, 0.1) is 6.92 Å². The molecule has 1 aliphatic rings. The Kier molecular flexibility index (Phi) is 7.30. The molecule has 1 heterocycles. The van der Waals surface area contributed by atoms with E-state index in [-0.39, 0.29) is 12.5 Å². The summed E-state index contributed by atoms with van der Waals surface area (Å²) in [6.07, 6.45) is 0.957. The molecular weight excluding hydrogens is 316 g/mol. The zero-order chi connectivity index (χ0) is 16.7. The minimum Gasteiger partial charge on any atom is -0.394 e. The molecule has 128 valence electrons. The quantitative estimate of drug-likeness (QED) is 0.802. The van der Waals surface area contributed by atoms with E-state index in [1.54, 1.807) is 12.1 Å². The molecule has 0 bridgehead atoms. The lowest BCUT2D eigenvalue weighted by Gasteiger charge is -2.22. The Labute approximate surface area is 142 Å². The molecule has 6 heteroatoms. The summed E-state index contributed by atoms with van der Waals surface area (Å²) in [5, 5.41) is 9.38. The van der Waals surface area contributed by atoms with Crippen molar-refractivity contribution in [3.8, 4) is 0 Å². The lowest BCUT2D eigenvalue weighted by Crippen LogP contribution is -2.36. The Morgan fingerprint density at radius 3 is 2.83 bits per heavy atom. The van der Waals surface area contributed by atoms with Crippen LogP contribution in [-0.4, -0.2) is 73.4 Å². The average Bonchev–Trinajstić information content (AvgIpc) is 2.79. The molecule has 1 fully saturated rings. The van der Waals surface area contributed by atoms with Crippen LogP contribution in [0.4, 0.5) is 0 Å². The van der Waals surface area contributed by atoms with Gasteiger partial charge in [-0.05, 0) is 43.7 Å². The van der Waals surface area contributed by atoms with Crippen LogP contribution in [0.5, 0.6) is 0 Å². The number of aryl methyl sites for hydroxylation is 1. The molecule has 1 saturated heterocycles. The molecule has 1 aliphatic heterocycles. The molecule has 0 spiro atoms. The molecule has 0 saturated carbocycles. The number of carbonyl (C=O) groups is 1. The van der Waals surface area contributed by atoms with E-state index in [0.29, 0.717) is 23.8 Å². The number of benzene rings is 1. The standard InChI is InChI=1S/C17H25ClN2O3/c1-14-13-15(3-4-16(14)18)17(22)20-6-2-5-19(7-8-20)9-11-23-12-10-21/h3-4,13,21H,2,5-12H2,1H3. The van der Waals surface area contributed by atoms with Gasteiger partial charge in [0.25, 0.3) is 5.91 Å². The van der Waals surface area contributed by atoms with Crippen LogP contribution in [0.3, 0.4) is 0 Å². The number of ether oxygens (including phenoxy) is 1. The van der Waals surface area contributed by atoms with E-state index in [9.17, 15) is 4.79 Å². The van der Waals surface area contributed by atoms with Gasteiger partial charge in [0, 0.05) is 36.8 Å². The third-order valence-electron chi connectivity index (χ3n) is 4.07. The number of nitrogens with zero attached hydrogens (tertiary/aromatic N) is 2. The lowest BCUT2D eigenvalue weighted by molar-refractivity contribution is 0.0711. The monoisotopic (exact) mass is 340 g/mol. The summed E-state index contributed by atoms with van der Waals surface area (Å²) in [5.41, 5.74) is 1.63. The maximum Gasteiger partial charge on any atom is 0.253 e. The molecule has 1 aromatic rings. The number of halogens is 1. The third-order valence-corrected chi connectivity index (χ3v) is 4.49. The molecule has 0 unspecified atom stereocenters. The first kappa shape index (κ1) is 18.2. The van der Waals surface area contributed by atoms with E-state index >= 15 is 0 Å². The molecule has 5 nitrogen and oxygen atoms in total. The smallest absolute Gasteiger partial charge is 0.253 e. The number of hydrogen-bond acceptors (Lipinski definition) is 4. The van der Waals surface area contributed by atoms with Crippen molar-refractivity contribution in [1.82, 2.24) is 9.80 Å². The summed E-state index contributed by atoms with van der Waals surface area (Å²) in [4.78, 5) is 16.9. The Hall–Kier alpha value is -1.14. The van der Waals surface area contributed by atoms with Crippen molar-refractivity contribution in [2.75, 3.05) is 52.5 Å². The van der Waals surface area contributed by atoms with Crippen molar-refractivity contribution in [3.63, 3.8) is 0 Å². The summed E-state index contributed by atoms with van der Waals surface area (Å²) < 4.78 is 5.31. The van der Waals surface area contributed by atoms with E-state index in [1.807, 2.05) is 17.9 Å². The van der Waals surface area contributed by atoms with E-state index < -0.39 is 0 Å². The van der Waals surface area contributed by atoms with Crippen LogP contribution in [0.15, 0.2) is 18.2 Å². The summed E-state index contributed by atoms with van der Waals surface area (Å²) >= 11 is 6.03. The summed E-state index contributed by atoms with van der Waals surface area (Å²) in [6.45, 7) is 7.11. The van der Waals surface area contributed by atoms with Gasteiger partial charge in [-0.2, -0.15) is 0 Å². The van der Waals surface area contributed by atoms with E-state index in [2.05, 4.69) is 4.90 Å². The Balaban J connectivity index is 1.86. The predicted octanol–water partition coefficient (Wildman–Crippen LogP) is 1.81. The zero-order valence-electron chi connectivity index (χ0n) is 13.6. The summed E-state index contributed by atoms with van der Waals surface area (Å²) in [6, 6.07) is 5.44. The first-order valence-electron chi connectivity index (χ1n) is 8.08. The highest BCUT2D eigenvalue weighted by Crippen LogP contribution is 2.18. The van der Waals surface area contributed by atoms with Gasteiger partial charge in [0.15, 0.2) is 0 Å². The topological polar surface area (TPSA) is 53.0 Å². The number of carbonyl (C=O) groups excluding carboxylic acids is 1. The van der Waals surface area contributed by atoms with Crippen LogP contribution in [0.1, 0.15) is 22.3 Å². The molecule has 1 amide bonds. The van der Waals surface area contributed by atoms with Gasteiger partial charge >= 0.3 is 0 Å². The van der Waals surface area contributed by atoms with Crippen molar-refractivity contribution in [1.29, 1.82) is 0 Å².